The molecular formula is C23H30ClN3O4S. The van der Waals surface area contributed by atoms with E-state index in [9.17, 15) is 13.2 Å². The van der Waals surface area contributed by atoms with E-state index < -0.39 is 10.0 Å². The molecule has 1 atom stereocenters. The van der Waals surface area contributed by atoms with Crippen LogP contribution in [0.15, 0.2) is 53.4 Å². The van der Waals surface area contributed by atoms with Gasteiger partial charge in [-0.2, -0.15) is 0 Å². The summed E-state index contributed by atoms with van der Waals surface area (Å²) in [5.41, 5.74) is 1.12. The Morgan fingerprint density at radius 1 is 1.12 bits per heavy atom. The van der Waals surface area contributed by atoms with Crippen LogP contribution in [0.4, 0.5) is 0 Å². The van der Waals surface area contributed by atoms with Crippen molar-refractivity contribution in [2.24, 2.45) is 0 Å². The molecule has 0 radical (unpaired) electrons. The Bertz CT molecular complexity index is 993. The van der Waals surface area contributed by atoms with Gasteiger partial charge in [0.2, 0.25) is 15.9 Å². The maximum atomic E-state index is 12.4. The van der Waals surface area contributed by atoms with E-state index in [4.69, 9.17) is 16.3 Å². The van der Waals surface area contributed by atoms with Crippen molar-refractivity contribution < 1.29 is 17.9 Å². The predicted molar refractivity (Wildman–Crippen MR) is 125 cm³/mol. The van der Waals surface area contributed by atoms with Crippen molar-refractivity contribution in [2.75, 3.05) is 33.3 Å². The van der Waals surface area contributed by atoms with Crippen molar-refractivity contribution in [3.05, 3.63) is 59.1 Å². The zero-order chi connectivity index (χ0) is 23.0. The molecule has 0 saturated carbocycles. The summed E-state index contributed by atoms with van der Waals surface area (Å²) in [7, 11) is -2.07. The summed E-state index contributed by atoms with van der Waals surface area (Å²) < 4.78 is 32.4. The average Bonchev–Trinajstić information content (AvgIpc) is 2.80. The second-order valence-corrected chi connectivity index (χ2v) is 10.00. The van der Waals surface area contributed by atoms with Crippen LogP contribution in [0.1, 0.15) is 37.3 Å². The van der Waals surface area contributed by atoms with Crippen molar-refractivity contribution in [3.63, 3.8) is 0 Å². The van der Waals surface area contributed by atoms with Gasteiger partial charge >= 0.3 is 0 Å². The molecule has 1 unspecified atom stereocenters. The molecule has 1 aliphatic rings. The molecule has 1 fully saturated rings. The molecule has 1 amide bonds. The van der Waals surface area contributed by atoms with E-state index in [2.05, 4.69) is 14.9 Å². The smallest absolute Gasteiger partial charge is 0.240 e. The van der Waals surface area contributed by atoms with Crippen molar-refractivity contribution in [3.8, 4) is 5.75 Å². The van der Waals surface area contributed by atoms with Gasteiger partial charge in [-0.1, -0.05) is 36.2 Å². The van der Waals surface area contributed by atoms with Crippen LogP contribution in [0.3, 0.4) is 0 Å². The molecule has 32 heavy (non-hydrogen) atoms. The Morgan fingerprint density at radius 2 is 1.84 bits per heavy atom. The zero-order valence-corrected chi connectivity index (χ0v) is 19.8. The maximum absolute atomic E-state index is 12.4. The van der Waals surface area contributed by atoms with Crippen LogP contribution in [-0.4, -0.2) is 52.5 Å². The standard InChI is InChI=1S/C23H30ClN3O4S/c1-31-20-10-8-18(9-11-20)22(27-14-3-2-4-15-27)17-25-23(28)12-13-26-32(29,30)21-7-5-6-19(24)16-21/h5-11,16,22,26H,2-4,12-15,17H2,1H3,(H,25,28). The minimum atomic E-state index is -3.71. The van der Waals surface area contributed by atoms with E-state index in [1.165, 1.54) is 18.6 Å². The van der Waals surface area contributed by atoms with E-state index in [0.29, 0.717) is 11.6 Å². The molecule has 0 spiro atoms. The first kappa shape index (κ1) is 24.5. The SMILES string of the molecule is COc1ccc(C(CNC(=O)CCNS(=O)(=O)c2cccc(Cl)c2)N2CCCCC2)cc1. The number of halogens is 1. The van der Waals surface area contributed by atoms with Crippen LogP contribution >= 0.6 is 11.6 Å². The number of carbonyl (C=O) groups is 1. The van der Waals surface area contributed by atoms with Crippen molar-refractivity contribution in [2.45, 2.75) is 36.6 Å². The Hall–Kier alpha value is -2.13. The number of nitrogens with one attached hydrogen (secondary N) is 2. The first-order valence-electron chi connectivity index (χ1n) is 10.8. The number of sulfonamides is 1. The van der Waals surface area contributed by atoms with Crippen molar-refractivity contribution in [1.29, 1.82) is 0 Å². The Balaban J connectivity index is 1.55. The minimum Gasteiger partial charge on any atom is -0.497 e. The topological polar surface area (TPSA) is 87.7 Å². The summed E-state index contributed by atoms with van der Waals surface area (Å²) in [6, 6.07) is 14.0. The van der Waals surface area contributed by atoms with E-state index in [1.807, 2.05) is 24.3 Å². The molecule has 7 nitrogen and oxygen atoms in total. The van der Waals surface area contributed by atoms with Crippen LogP contribution in [0, 0.1) is 0 Å². The van der Waals surface area contributed by atoms with Crippen LogP contribution in [0.2, 0.25) is 5.02 Å². The summed E-state index contributed by atoms with van der Waals surface area (Å²) in [6.07, 6.45) is 3.57. The molecule has 0 bridgehead atoms. The van der Waals surface area contributed by atoms with Gasteiger partial charge in [0.25, 0.3) is 0 Å². The first-order chi connectivity index (χ1) is 15.4. The first-order valence-corrected chi connectivity index (χ1v) is 12.6. The third-order valence-electron chi connectivity index (χ3n) is 5.58. The number of carbonyl (C=O) groups excluding carboxylic acids is 1. The van der Waals surface area contributed by atoms with E-state index >= 15 is 0 Å². The number of hydrogen-bond acceptors (Lipinski definition) is 5. The molecule has 1 aliphatic heterocycles. The molecule has 0 aromatic heterocycles. The highest BCUT2D eigenvalue weighted by atomic mass is 35.5. The molecule has 2 aromatic rings. The van der Waals surface area contributed by atoms with Gasteiger partial charge in [0.05, 0.1) is 18.0 Å². The van der Waals surface area contributed by atoms with Crippen LogP contribution in [0.25, 0.3) is 0 Å². The van der Waals surface area contributed by atoms with Gasteiger partial charge < -0.3 is 10.1 Å². The fraction of sp³-hybridized carbons (Fsp3) is 0.435. The van der Waals surface area contributed by atoms with Gasteiger partial charge in [-0.25, -0.2) is 13.1 Å². The second-order valence-electron chi connectivity index (χ2n) is 7.79. The van der Waals surface area contributed by atoms with Gasteiger partial charge in [-0.15, -0.1) is 0 Å². The van der Waals surface area contributed by atoms with Gasteiger partial charge in [-0.05, 0) is 61.8 Å². The highest BCUT2D eigenvalue weighted by Crippen LogP contribution is 2.26. The Labute approximate surface area is 195 Å². The summed E-state index contributed by atoms with van der Waals surface area (Å²) in [4.78, 5) is 14.9. The van der Waals surface area contributed by atoms with E-state index in [-0.39, 0.29) is 29.8 Å². The maximum Gasteiger partial charge on any atom is 0.240 e. The number of likely N-dealkylation sites (tertiary alicyclic amines) is 1. The molecule has 2 N–H and O–H groups in total. The summed E-state index contributed by atoms with van der Waals surface area (Å²) in [6.45, 7) is 2.46. The number of nitrogens with zero attached hydrogens (tertiary/aromatic N) is 1. The predicted octanol–water partition coefficient (Wildman–Crippen LogP) is 3.36. The molecule has 174 valence electrons. The number of benzene rings is 2. The highest BCUT2D eigenvalue weighted by molar-refractivity contribution is 7.89. The summed E-state index contributed by atoms with van der Waals surface area (Å²) >= 11 is 5.87. The quantitative estimate of drug-likeness (QED) is 0.545. The highest BCUT2D eigenvalue weighted by Gasteiger charge is 2.23. The number of hydrogen-bond donors (Lipinski definition) is 2. The van der Waals surface area contributed by atoms with Crippen LogP contribution in [-0.2, 0) is 14.8 Å². The average molecular weight is 480 g/mol. The van der Waals surface area contributed by atoms with Crippen LogP contribution < -0.4 is 14.8 Å². The number of amides is 1. The van der Waals surface area contributed by atoms with E-state index in [1.54, 1.807) is 19.2 Å². The molecule has 3 rings (SSSR count). The van der Waals surface area contributed by atoms with Gasteiger partial charge in [0.1, 0.15) is 5.75 Å². The molecule has 1 saturated heterocycles. The molecule has 2 aromatic carbocycles. The largest absolute Gasteiger partial charge is 0.497 e. The normalized spacial score (nSPS) is 15.8. The number of piperidine rings is 1. The van der Waals surface area contributed by atoms with E-state index in [0.717, 1.165) is 37.2 Å². The Kier molecular flexibility index (Phi) is 8.92. The molecule has 1 heterocycles. The second kappa shape index (κ2) is 11.7. The number of ether oxygens (including phenoxy) is 1. The Morgan fingerprint density at radius 3 is 2.50 bits per heavy atom. The lowest BCUT2D eigenvalue weighted by Gasteiger charge is -2.35. The minimum absolute atomic E-state index is 0.0115. The molecule has 9 heteroatoms. The van der Waals surface area contributed by atoms with Crippen LogP contribution in [0.5, 0.6) is 5.75 Å². The number of rotatable bonds is 10. The van der Waals surface area contributed by atoms with Crippen molar-refractivity contribution >= 4 is 27.5 Å². The lowest BCUT2D eigenvalue weighted by molar-refractivity contribution is -0.121. The molecular weight excluding hydrogens is 450 g/mol. The third-order valence-corrected chi connectivity index (χ3v) is 7.27. The lowest BCUT2D eigenvalue weighted by atomic mass is 10.0. The summed E-state index contributed by atoms with van der Waals surface area (Å²) in [5.74, 6) is 0.594. The van der Waals surface area contributed by atoms with Gasteiger partial charge in [0, 0.05) is 24.5 Å². The van der Waals surface area contributed by atoms with Crippen molar-refractivity contribution in [1.82, 2.24) is 14.9 Å². The lowest BCUT2D eigenvalue weighted by Crippen LogP contribution is -2.41. The molecule has 0 aliphatic carbocycles. The van der Waals surface area contributed by atoms with Gasteiger partial charge in [-0.3, -0.25) is 9.69 Å². The summed E-state index contributed by atoms with van der Waals surface area (Å²) in [5, 5.41) is 3.32. The monoisotopic (exact) mass is 479 g/mol. The van der Waals surface area contributed by atoms with Gasteiger partial charge in [0.15, 0.2) is 0 Å². The zero-order valence-electron chi connectivity index (χ0n) is 18.2. The third kappa shape index (κ3) is 6.93. The fourth-order valence-electron chi connectivity index (χ4n) is 3.83. The number of methoxy groups -OCH3 is 1. The fourth-order valence-corrected chi connectivity index (χ4v) is 5.16.